The lowest BCUT2D eigenvalue weighted by Crippen LogP contribution is -2.17. The Morgan fingerprint density at radius 1 is 1.20 bits per heavy atom. The number of hydrogen-bond donors (Lipinski definition) is 1. The first kappa shape index (κ1) is 14.1. The largest absolute Gasteiger partial charge is 0.573 e. The van der Waals surface area contributed by atoms with E-state index in [4.69, 9.17) is 0 Å². The standard InChI is InChI=1S/C13H12F3N3O/c1-2-17-11-7-8-18-12(19-11)9-5-3-4-6-10(9)20-13(14,15)16/h3-8H,2H2,1H3,(H,17,18,19). The maximum absolute atomic E-state index is 12.4. The second kappa shape index (κ2) is 5.77. The van der Waals surface area contributed by atoms with Gasteiger partial charge in [-0.15, -0.1) is 13.2 Å². The van der Waals surface area contributed by atoms with Gasteiger partial charge in [0, 0.05) is 12.7 Å². The van der Waals surface area contributed by atoms with Gasteiger partial charge in [0.25, 0.3) is 0 Å². The second-order valence-electron chi connectivity index (χ2n) is 3.84. The zero-order chi connectivity index (χ0) is 14.6. The lowest BCUT2D eigenvalue weighted by Gasteiger charge is -2.12. The van der Waals surface area contributed by atoms with Gasteiger partial charge in [-0.05, 0) is 25.1 Å². The molecule has 0 amide bonds. The molecule has 0 saturated carbocycles. The third-order valence-electron chi connectivity index (χ3n) is 2.37. The molecule has 0 aliphatic carbocycles. The van der Waals surface area contributed by atoms with E-state index in [1.54, 1.807) is 12.1 Å². The van der Waals surface area contributed by atoms with Crippen molar-refractivity contribution in [3.05, 3.63) is 36.5 Å². The van der Waals surface area contributed by atoms with Crippen LogP contribution >= 0.6 is 0 Å². The highest BCUT2D eigenvalue weighted by Gasteiger charge is 2.32. The quantitative estimate of drug-likeness (QED) is 0.933. The number of aromatic nitrogens is 2. The molecule has 2 rings (SSSR count). The van der Waals surface area contributed by atoms with E-state index in [1.807, 2.05) is 6.92 Å². The molecule has 0 aliphatic heterocycles. The molecule has 4 nitrogen and oxygen atoms in total. The lowest BCUT2D eigenvalue weighted by molar-refractivity contribution is -0.274. The fourth-order valence-corrected chi connectivity index (χ4v) is 1.63. The molecule has 0 unspecified atom stereocenters. The van der Waals surface area contributed by atoms with Crippen molar-refractivity contribution in [2.24, 2.45) is 0 Å². The summed E-state index contributed by atoms with van der Waals surface area (Å²) in [6.07, 6.45) is -3.28. The summed E-state index contributed by atoms with van der Waals surface area (Å²) in [5, 5.41) is 2.97. The predicted octanol–water partition coefficient (Wildman–Crippen LogP) is 3.47. The molecule has 0 bridgehead atoms. The van der Waals surface area contributed by atoms with Gasteiger partial charge >= 0.3 is 6.36 Å². The summed E-state index contributed by atoms with van der Waals surface area (Å²) in [5.74, 6) is 0.385. The van der Waals surface area contributed by atoms with Crippen LogP contribution < -0.4 is 10.1 Å². The summed E-state index contributed by atoms with van der Waals surface area (Å²) in [7, 11) is 0. The SMILES string of the molecule is CCNc1ccnc(-c2ccccc2OC(F)(F)F)n1. The number of para-hydroxylation sites is 1. The van der Waals surface area contributed by atoms with Crippen molar-refractivity contribution in [2.75, 3.05) is 11.9 Å². The van der Waals surface area contributed by atoms with Crippen molar-refractivity contribution < 1.29 is 17.9 Å². The van der Waals surface area contributed by atoms with Crippen molar-refractivity contribution in [2.45, 2.75) is 13.3 Å². The van der Waals surface area contributed by atoms with E-state index in [2.05, 4.69) is 20.0 Å². The van der Waals surface area contributed by atoms with Gasteiger partial charge in [0.15, 0.2) is 5.82 Å². The first-order chi connectivity index (χ1) is 9.49. The molecule has 106 valence electrons. The maximum atomic E-state index is 12.4. The summed E-state index contributed by atoms with van der Waals surface area (Å²) in [6, 6.07) is 7.40. The van der Waals surface area contributed by atoms with Crippen LogP contribution in [0.2, 0.25) is 0 Å². The van der Waals surface area contributed by atoms with Gasteiger partial charge in [0.05, 0.1) is 5.56 Å². The number of nitrogens with one attached hydrogen (secondary N) is 1. The van der Waals surface area contributed by atoms with Crippen LogP contribution in [0, 0.1) is 0 Å². The Morgan fingerprint density at radius 2 is 1.95 bits per heavy atom. The van der Waals surface area contributed by atoms with Crippen LogP contribution in [-0.2, 0) is 0 Å². The molecule has 0 spiro atoms. The highest BCUT2D eigenvalue weighted by atomic mass is 19.4. The zero-order valence-corrected chi connectivity index (χ0v) is 10.6. The van der Waals surface area contributed by atoms with E-state index in [9.17, 15) is 13.2 Å². The highest BCUT2D eigenvalue weighted by Crippen LogP contribution is 2.31. The minimum Gasteiger partial charge on any atom is -0.405 e. The van der Waals surface area contributed by atoms with Gasteiger partial charge in [0.2, 0.25) is 0 Å². The molecular weight excluding hydrogens is 271 g/mol. The number of anilines is 1. The molecule has 20 heavy (non-hydrogen) atoms. The Balaban J connectivity index is 2.39. The average Bonchev–Trinajstić information content (AvgIpc) is 2.38. The number of hydrogen-bond acceptors (Lipinski definition) is 4. The molecular formula is C13H12F3N3O. The number of nitrogens with zero attached hydrogens (tertiary/aromatic N) is 2. The topological polar surface area (TPSA) is 47.0 Å². The molecule has 0 aliphatic rings. The van der Waals surface area contributed by atoms with Crippen LogP contribution in [0.1, 0.15) is 6.92 Å². The molecule has 0 fully saturated rings. The number of halogens is 3. The number of rotatable bonds is 4. The summed E-state index contributed by atoms with van der Waals surface area (Å²) in [6.45, 7) is 2.54. The Morgan fingerprint density at radius 3 is 2.65 bits per heavy atom. The molecule has 0 atom stereocenters. The summed E-state index contributed by atoms with van der Waals surface area (Å²) >= 11 is 0. The smallest absolute Gasteiger partial charge is 0.405 e. The van der Waals surface area contributed by atoms with E-state index in [-0.39, 0.29) is 17.1 Å². The van der Waals surface area contributed by atoms with Crippen molar-refractivity contribution in [3.8, 4) is 17.1 Å². The summed E-state index contributed by atoms with van der Waals surface area (Å²) < 4.78 is 41.1. The van der Waals surface area contributed by atoms with Crippen molar-refractivity contribution in [3.63, 3.8) is 0 Å². The van der Waals surface area contributed by atoms with Gasteiger partial charge in [0.1, 0.15) is 11.6 Å². The van der Waals surface area contributed by atoms with Gasteiger partial charge < -0.3 is 10.1 Å². The van der Waals surface area contributed by atoms with Crippen LogP contribution in [-0.4, -0.2) is 22.9 Å². The number of alkyl halides is 3. The predicted molar refractivity (Wildman–Crippen MR) is 68.3 cm³/mol. The first-order valence-corrected chi connectivity index (χ1v) is 5.91. The molecule has 0 radical (unpaired) electrons. The van der Waals surface area contributed by atoms with Crippen LogP contribution in [0.4, 0.5) is 19.0 Å². The molecule has 1 N–H and O–H groups in total. The lowest BCUT2D eigenvalue weighted by atomic mass is 10.2. The van der Waals surface area contributed by atoms with Crippen molar-refractivity contribution in [1.82, 2.24) is 9.97 Å². The van der Waals surface area contributed by atoms with E-state index < -0.39 is 6.36 Å². The minimum absolute atomic E-state index is 0.170. The molecule has 1 aromatic heterocycles. The molecule has 2 aromatic rings. The number of ether oxygens (including phenoxy) is 1. The monoisotopic (exact) mass is 283 g/mol. The van der Waals surface area contributed by atoms with Gasteiger partial charge in [-0.3, -0.25) is 0 Å². The van der Waals surface area contributed by atoms with Crippen molar-refractivity contribution >= 4 is 5.82 Å². The molecule has 0 saturated heterocycles. The minimum atomic E-state index is -4.75. The van der Waals surface area contributed by atoms with E-state index in [0.717, 1.165) is 0 Å². The fraction of sp³-hybridized carbons (Fsp3) is 0.231. The Hall–Kier alpha value is -2.31. The summed E-state index contributed by atoms with van der Waals surface area (Å²) in [4.78, 5) is 8.14. The average molecular weight is 283 g/mol. The van der Waals surface area contributed by atoms with Crippen molar-refractivity contribution in [1.29, 1.82) is 0 Å². The van der Waals surface area contributed by atoms with Crippen LogP contribution in [0.25, 0.3) is 11.4 Å². The maximum Gasteiger partial charge on any atom is 0.573 e. The van der Waals surface area contributed by atoms with Crippen LogP contribution in [0.5, 0.6) is 5.75 Å². The number of benzene rings is 1. The molecule has 7 heteroatoms. The Kier molecular flexibility index (Phi) is 4.07. The van der Waals surface area contributed by atoms with Gasteiger partial charge in [-0.1, -0.05) is 12.1 Å². The first-order valence-electron chi connectivity index (χ1n) is 5.91. The van der Waals surface area contributed by atoms with E-state index in [0.29, 0.717) is 12.4 Å². The Bertz CT molecular complexity index is 587. The van der Waals surface area contributed by atoms with Crippen LogP contribution in [0.15, 0.2) is 36.5 Å². The zero-order valence-electron chi connectivity index (χ0n) is 10.6. The third-order valence-corrected chi connectivity index (χ3v) is 2.37. The summed E-state index contributed by atoms with van der Waals surface area (Å²) in [5.41, 5.74) is 0.185. The van der Waals surface area contributed by atoms with E-state index in [1.165, 1.54) is 24.4 Å². The fourth-order valence-electron chi connectivity index (χ4n) is 1.63. The normalized spacial score (nSPS) is 11.2. The van der Waals surface area contributed by atoms with Gasteiger partial charge in [-0.25, -0.2) is 9.97 Å². The van der Waals surface area contributed by atoms with E-state index >= 15 is 0 Å². The Labute approximate surface area is 113 Å². The highest BCUT2D eigenvalue weighted by molar-refractivity contribution is 5.65. The molecule has 1 aromatic carbocycles. The van der Waals surface area contributed by atoms with Crippen LogP contribution in [0.3, 0.4) is 0 Å². The second-order valence-corrected chi connectivity index (χ2v) is 3.84. The third kappa shape index (κ3) is 3.59. The molecule has 1 heterocycles. The van der Waals surface area contributed by atoms with Gasteiger partial charge in [-0.2, -0.15) is 0 Å².